The Balaban J connectivity index is 2.68. The third-order valence-electron chi connectivity index (χ3n) is 2.41. The van der Waals surface area contributed by atoms with Crippen LogP contribution < -0.4 is 4.74 Å². The van der Waals surface area contributed by atoms with Crippen molar-refractivity contribution < 1.29 is 13.5 Å². The van der Waals surface area contributed by atoms with Crippen LogP contribution in [0.25, 0.3) is 11.1 Å². The SMILES string of the molecule is COc1c(Cl)cccc1-c1cccc(F)c1F. The van der Waals surface area contributed by atoms with Gasteiger partial charge in [0, 0.05) is 11.1 Å². The third kappa shape index (κ3) is 2.11. The van der Waals surface area contributed by atoms with Crippen molar-refractivity contribution in [1.29, 1.82) is 0 Å². The molecule has 0 saturated carbocycles. The predicted octanol–water partition coefficient (Wildman–Crippen LogP) is 4.29. The van der Waals surface area contributed by atoms with Gasteiger partial charge in [0.25, 0.3) is 0 Å². The van der Waals surface area contributed by atoms with Crippen molar-refractivity contribution in [2.75, 3.05) is 7.11 Å². The van der Waals surface area contributed by atoms with Gasteiger partial charge < -0.3 is 4.74 Å². The van der Waals surface area contributed by atoms with Crippen LogP contribution in [0.2, 0.25) is 5.02 Å². The zero-order valence-electron chi connectivity index (χ0n) is 9.01. The Bertz CT molecular complexity index is 555. The smallest absolute Gasteiger partial charge is 0.166 e. The first-order valence-electron chi connectivity index (χ1n) is 4.92. The molecule has 0 radical (unpaired) electrons. The summed E-state index contributed by atoms with van der Waals surface area (Å²) >= 11 is 5.93. The monoisotopic (exact) mass is 254 g/mol. The topological polar surface area (TPSA) is 9.23 Å². The number of halogens is 3. The van der Waals surface area contributed by atoms with Crippen LogP contribution in [0.3, 0.4) is 0 Å². The fourth-order valence-corrected chi connectivity index (χ4v) is 1.89. The second kappa shape index (κ2) is 4.72. The molecule has 0 spiro atoms. The van der Waals surface area contributed by atoms with E-state index in [4.69, 9.17) is 16.3 Å². The lowest BCUT2D eigenvalue weighted by molar-refractivity contribution is 0.416. The zero-order valence-corrected chi connectivity index (χ0v) is 9.76. The summed E-state index contributed by atoms with van der Waals surface area (Å²) in [6.07, 6.45) is 0. The van der Waals surface area contributed by atoms with Crippen LogP contribution in [0.4, 0.5) is 8.78 Å². The molecule has 0 aromatic heterocycles. The Morgan fingerprint density at radius 2 is 1.65 bits per heavy atom. The minimum absolute atomic E-state index is 0.129. The summed E-state index contributed by atoms with van der Waals surface area (Å²) < 4.78 is 31.9. The average Bonchev–Trinajstić information content (AvgIpc) is 2.32. The molecule has 0 aliphatic heterocycles. The van der Waals surface area contributed by atoms with E-state index in [2.05, 4.69) is 0 Å². The Hall–Kier alpha value is -1.61. The van der Waals surface area contributed by atoms with Crippen molar-refractivity contribution in [2.45, 2.75) is 0 Å². The van der Waals surface area contributed by atoms with Gasteiger partial charge in [0.2, 0.25) is 0 Å². The number of rotatable bonds is 2. The number of para-hydroxylation sites is 1. The molecule has 0 N–H and O–H groups in total. The van der Waals surface area contributed by atoms with Crippen LogP contribution >= 0.6 is 11.6 Å². The second-order valence-corrected chi connectivity index (χ2v) is 3.83. The summed E-state index contributed by atoms with van der Waals surface area (Å²) in [4.78, 5) is 0. The Morgan fingerprint density at radius 1 is 1.00 bits per heavy atom. The summed E-state index contributed by atoms with van der Waals surface area (Å²) in [6, 6.07) is 8.89. The molecule has 2 rings (SSSR count). The van der Waals surface area contributed by atoms with Crippen LogP contribution in [-0.4, -0.2) is 7.11 Å². The van der Waals surface area contributed by atoms with Crippen molar-refractivity contribution in [3.05, 3.63) is 53.1 Å². The predicted molar refractivity (Wildman–Crippen MR) is 63.4 cm³/mol. The first-order valence-corrected chi connectivity index (χ1v) is 5.30. The largest absolute Gasteiger partial charge is 0.495 e. The Kier molecular flexibility index (Phi) is 3.29. The molecule has 0 atom stereocenters. The number of hydrogen-bond donors (Lipinski definition) is 0. The highest BCUT2D eigenvalue weighted by Gasteiger charge is 2.15. The van der Waals surface area contributed by atoms with E-state index in [1.54, 1.807) is 18.2 Å². The van der Waals surface area contributed by atoms with E-state index in [0.29, 0.717) is 16.3 Å². The van der Waals surface area contributed by atoms with Crippen molar-refractivity contribution in [3.8, 4) is 16.9 Å². The van der Waals surface area contributed by atoms with Gasteiger partial charge in [-0.05, 0) is 12.1 Å². The molecule has 17 heavy (non-hydrogen) atoms. The van der Waals surface area contributed by atoms with Gasteiger partial charge >= 0.3 is 0 Å². The highest BCUT2D eigenvalue weighted by molar-refractivity contribution is 6.32. The molecule has 0 fully saturated rings. The van der Waals surface area contributed by atoms with E-state index in [1.807, 2.05) is 0 Å². The van der Waals surface area contributed by atoms with Crippen molar-refractivity contribution in [1.82, 2.24) is 0 Å². The summed E-state index contributed by atoms with van der Waals surface area (Å²) in [7, 11) is 1.43. The fraction of sp³-hybridized carbons (Fsp3) is 0.0769. The minimum Gasteiger partial charge on any atom is -0.495 e. The Labute approximate surface area is 103 Å². The summed E-state index contributed by atoms with van der Waals surface area (Å²) in [5.41, 5.74) is 0.557. The van der Waals surface area contributed by atoms with Crippen LogP contribution in [-0.2, 0) is 0 Å². The molecule has 2 aromatic carbocycles. The van der Waals surface area contributed by atoms with E-state index >= 15 is 0 Å². The molecule has 4 heteroatoms. The number of hydrogen-bond acceptors (Lipinski definition) is 1. The van der Waals surface area contributed by atoms with E-state index < -0.39 is 11.6 Å². The molecule has 0 heterocycles. The van der Waals surface area contributed by atoms with Gasteiger partial charge in [0.1, 0.15) is 5.75 Å². The highest BCUT2D eigenvalue weighted by atomic mass is 35.5. The zero-order chi connectivity index (χ0) is 12.4. The number of benzene rings is 2. The summed E-state index contributed by atoms with van der Waals surface area (Å²) in [5, 5.41) is 0.355. The van der Waals surface area contributed by atoms with Gasteiger partial charge in [-0.3, -0.25) is 0 Å². The van der Waals surface area contributed by atoms with Crippen molar-refractivity contribution in [2.24, 2.45) is 0 Å². The lowest BCUT2D eigenvalue weighted by Gasteiger charge is -2.11. The number of ether oxygens (including phenoxy) is 1. The normalized spacial score (nSPS) is 10.4. The van der Waals surface area contributed by atoms with E-state index in [9.17, 15) is 8.78 Å². The lowest BCUT2D eigenvalue weighted by Crippen LogP contribution is -1.93. The summed E-state index contributed by atoms with van der Waals surface area (Å²) in [6.45, 7) is 0. The van der Waals surface area contributed by atoms with Crippen LogP contribution in [0.15, 0.2) is 36.4 Å². The van der Waals surface area contributed by atoms with E-state index in [1.165, 1.54) is 19.2 Å². The first-order chi connectivity index (χ1) is 8.15. The maximum Gasteiger partial charge on any atom is 0.166 e. The third-order valence-corrected chi connectivity index (χ3v) is 2.71. The molecule has 0 unspecified atom stereocenters. The quantitative estimate of drug-likeness (QED) is 0.777. The van der Waals surface area contributed by atoms with Gasteiger partial charge in [-0.1, -0.05) is 35.9 Å². The molecular formula is C13H9ClF2O. The van der Waals surface area contributed by atoms with E-state index in [-0.39, 0.29) is 5.56 Å². The molecule has 1 nitrogen and oxygen atoms in total. The standard InChI is InChI=1S/C13H9ClF2O/c1-17-13-9(5-2-6-10(13)14)8-4-3-7-11(15)12(8)16/h2-7H,1H3. The molecular weight excluding hydrogens is 246 g/mol. The molecule has 0 amide bonds. The fourth-order valence-electron chi connectivity index (χ4n) is 1.64. The minimum atomic E-state index is -0.909. The molecule has 0 bridgehead atoms. The maximum absolute atomic E-state index is 13.7. The highest BCUT2D eigenvalue weighted by Crippen LogP contribution is 2.37. The lowest BCUT2D eigenvalue weighted by atomic mass is 10.0. The molecule has 0 aliphatic carbocycles. The van der Waals surface area contributed by atoms with Gasteiger partial charge in [-0.15, -0.1) is 0 Å². The molecule has 0 aliphatic rings. The molecule has 2 aromatic rings. The van der Waals surface area contributed by atoms with Crippen molar-refractivity contribution in [3.63, 3.8) is 0 Å². The van der Waals surface area contributed by atoms with Crippen molar-refractivity contribution >= 4 is 11.6 Å². The van der Waals surface area contributed by atoms with E-state index in [0.717, 1.165) is 6.07 Å². The average molecular weight is 255 g/mol. The van der Waals surface area contributed by atoms with Crippen LogP contribution in [0.5, 0.6) is 5.75 Å². The second-order valence-electron chi connectivity index (χ2n) is 3.42. The van der Waals surface area contributed by atoms with Crippen LogP contribution in [0.1, 0.15) is 0 Å². The van der Waals surface area contributed by atoms with Gasteiger partial charge in [-0.25, -0.2) is 8.78 Å². The molecule has 0 saturated heterocycles. The first kappa shape index (κ1) is 11.9. The Morgan fingerprint density at radius 3 is 2.35 bits per heavy atom. The van der Waals surface area contributed by atoms with Gasteiger partial charge in [0.05, 0.1) is 12.1 Å². The van der Waals surface area contributed by atoms with Gasteiger partial charge in [0.15, 0.2) is 11.6 Å². The molecule has 88 valence electrons. The number of methoxy groups -OCH3 is 1. The van der Waals surface area contributed by atoms with Gasteiger partial charge in [-0.2, -0.15) is 0 Å². The maximum atomic E-state index is 13.7. The summed E-state index contributed by atoms with van der Waals surface area (Å²) in [5.74, 6) is -1.48. The van der Waals surface area contributed by atoms with Crippen LogP contribution in [0, 0.1) is 11.6 Å².